The van der Waals surface area contributed by atoms with E-state index in [0.29, 0.717) is 6.04 Å². The highest BCUT2D eigenvalue weighted by molar-refractivity contribution is 5.91. The Kier molecular flexibility index (Phi) is 3.01. The fraction of sp³-hybridized carbons (Fsp3) is 0.467. The average Bonchev–Trinajstić information content (AvgIpc) is 2.47. The molecule has 5 heteroatoms. The Balaban J connectivity index is 1.51. The molecular formula is C15H19N5. The number of nitrogens with zero attached hydrogens (tertiary/aromatic N) is 4. The van der Waals surface area contributed by atoms with Gasteiger partial charge in [0, 0.05) is 50.7 Å². The summed E-state index contributed by atoms with van der Waals surface area (Å²) < 4.78 is 0. The molecule has 3 heterocycles. The Morgan fingerprint density at radius 2 is 1.90 bits per heavy atom. The van der Waals surface area contributed by atoms with Gasteiger partial charge in [-0.05, 0) is 6.07 Å². The van der Waals surface area contributed by atoms with Crippen molar-refractivity contribution in [1.82, 2.24) is 20.4 Å². The molecule has 0 radical (unpaired) electrons. The van der Waals surface area contributed by atoms with Gasteiger partial charge in [-0.25, -0.2) is 0 Å². The summed E-state index contributed by atoms with van der Waals surface area (Å²) in [7, 11) is 0. The van der Waals surface area contributed by atoms with Gasteiger partial charge in [-0.15, -0.1) is 0 Å². The van der Waals surface area contributed by atoms with Crippen LogP contribution < -0.4 is 10.2 Å². The number of anilines is 1. The van der Waals surface area contributed by atoms with Crippen molar-refractivity contribution in [3.63, 3.8) is 0 Å². The zero-order chi connectivity index (χ0) is 13.4. The van der Waals surface area contributed by atoms with E-state index >= 15 is 0 Å². The first kappa shape index (κ1) is 12.1. The van der Waals surface area contributed by atoms with Crippen LogP contribution in [0.2, 0.25) is 0 Å². The smallest absolute Gasteiger partial charge is 0.0950 e. The number of nitrogens with one attached hydrogen (secondary N) is 1. The van der Waals surface area contributed by atoms with Crippen molar-refractivity contribution < 1.29 is 0 Å². The zero-order valence-corrected chi connectivity index (χ0v) is 11.5. The van der Waals surface area contributed by atoms with Gasteiger partial charge in [-0.3, -0.25) is 4.90 Å². The van der Waals surface area contributed by atoms with Gasteiger partial charge >= 0.3 is 0 Å². The molecule has 0 unspecified atom stereocenters. The van der Waals surface area contributed by atoms with Crippen molar-refractivity contribution in [1.29, 1.82) is 0 Å². The largest absolute Gasteiger partial charge is 0.366 e. The molecule has 2 aromatic rings. The van der Waals surface area contributed by atoms with Crippen molar-refractivity contribution in [2.24, 2.45) is 0 Å². The quantitative estimate of drug-likeness (QED) is 0.870. The Morgan fingerprint density at radius 3 is 2.75 bits per heavy atom. The summed E-state index contributed by atoms with van der Waals surface area (Å²) in [6.07, 6.45) is 1.90. The topological polar surface area (TPSA) is 44.3 Å². The molecule has 5 nitrogen and oxygen atoms in total. The summed E-state index contributed by atoms with van der Waals surface area (Å²) in [4.78, 5) is 5.02. The predicted molar refractivity (Wildman–Crippen MR) is 80.0 cm³/mol. The third-order valence-corrected chi connectivity index (χ3v) is 4.40. The molecule has 2 aliphatic heterocycles. The molecular weight excluding hydrogens is 250 g/mol. The van der Waals surface area contributed by atoms with Crippen LogP contribution in [0.3, 0.4) is 0 Å². The summed E-state index contributed by atoms with van der Waals surface area (Å²) in [6.45, 7) is 6.81. The molecule has 2 saturated heterocycles. The van der Waals surface area contributed by atoms with E-state index in [1.165, 1.54) is 24.2 Å². The molecule has 2 fully saturated rings. The van der Waals surface area contributed by atoms with E-state index < -0.39 is 0 Å². The molecule has 104 valence electrons. The maximum Gasteiger partial charge on any atom is 0.0950 e. The minimum atomic E-state index is 0.698. The number of piperazine rings is 1. The van der Waals surface area contributed by atoms with Crippen molar-refractivity contribution in [2.45, 2.75) is 6.04 Å². The first-order valence-electron chi connectivity index (χ1n) is 7.32. The normalized spacial score (nSPS) is 21.1. The lowest BCUT2D eigenvalue weighted by Gasteiger charge is -2.48. The minimum absolute atomic E-state index is 0.698. The Bertz CT molecular complexity index is 597. The van der Waals surface area contributed by atoms with Gasteiger partial charge in [0.05, 0.1) is 17.4 Å². The lowest BCUT2D eigenvalue weighted by Crippen LogP contribution is -2.62. The van der Waals surface area contributed by atoms with Crippen molar-refractivity contribution in [3.8, 4) is 0 Å². The standard InChI is InChI=1S/C15H19N5/c1-2-4-14-13(3-1)15(9-17-18-14)20-10-12(11-20)19-7-5-16-6-8-19/h1-4,9,12,16H,5-8,10-11H2. The molecule has 0 atom stereocenters. The minimum Gasteiger partial charge on any atom is -0.366 e. The lowest BCUT2D eigenvalue weighted by atomic mass is 10.0. The van der Waals surface area contributed by atoms with E-state index in [9.17, 15) is 0 Å². The van der Waals surface area contributed by atoms with Crippen LogP contribution >= 0.6 is 0 Å². The van der Waals surface area contributed by atoms with E-state index in [4.69, 9.17) is 0 Å². The van der Waals surface area contributed by atoms with E-state index in [0.717, 1.165) is 31.7 Å². The average molecular weight is 269 g/mol. The van der Waals surface area contributed by atoms with Crippen LogP contribution in [0.4, 0.5) is 5.69 Å². The number of aromatic nitrogens is 2. The van der Waals surface area contributed by atoms with E-state index in [-0.39, 0.29) is 0 Å². The van der Waals surface area contributed by atoms with Crippen molar-refractivity contribution in [2.75, 3.05) is 44.2 Å². The molecule has 0 bridgehead atoms. The first-order chi connectivity index (χ1) is 9.92. The van der Waals surface area contributed by atoms with Gasteiger partial charge in [0.25, 0.3) is 0 Å². The van der Waals surface area contributed by atoms with Gasteiger partial charge in [0.15, 0.2) is 0 Å². The van der Waals surface area contributed by atoms with Gasteiger partial charge in [-0.2, -0.15) is 10.2 Å². The molecule has 2 aliphatic rings. The summed E-state index contributed by atoms with van der Waals surface area (Å²) in [6, 6.07) is 8.95. The molecule has 1 N–H and O–H groups in total. The van der Waals surface area contributed by atoms with Crippen LogP contribution in [0.1, 0.15) is 0 Å². The lowest BCUT2D eigenvalue weighted by molar-refractivity contribution is 0.147. The highest BCUT2D eigenvalue weighted by Gasteiger charge is 2.33. The van der Waals surface area contributed by atoms with Crippen LogP contribution in [-0.4, -0.2) is 60.4 Å². The molecule has 1 aromatic heterocycles. The second-order valence-corrected chi connectivity index (χ2v) is 5.59. The van der Waals surface area contributed by atoms with Crippen LogP contribution in [-0.2, 0) is 0 Å². The molecule has 0 saturated carbocycles. The monoisotopic (exact) mass is 269 g/mol. The zero-order valence-electron chi connectivity index (χ0n) is 11.5. The number of rotatable bonds is 2. The second-order valence-electron chi connectivity index (χ2n) is 5.59. The molecule has 4 rings (SSSR count). The number of fused-ring (bicyclic) bond motifs is 1. The Hall–Kier alpha value is -1.72. The van der Waals surface area contributed by atoms with E-state index in [2.05, 4.69) is 37.4 Å². The molecule has 0 aliphatic carbocycles. The fourth-order valence-corrected chi connectivity index (χ4v) is 3.17. The maximum absolute atomic E-state index is 4.20. The second kappa shape index (κ2) is 5.00. The highest BCUT2D eigenvalue weighted by Crippen LogP contribution is 2.29. The Morgan fingerprint density at radius 1 is 1.10 bits per heavy atom. The SMILES string of the molecule is c1ccc2c(N3CC(N4CCNCC4)C3)cnnc2c1. The molecule has 0 amide bonds. The van der Waals surface area contributed by atoms with Crippen molar-refractivity contribution in [3.05, 3.63) is 30.5 Å². The van der Waals surface area contributed by atoms with E-state index in [1.54, 1.807) is 0 Å². The van der Waals surface area contributed by atoms with E-state index in [1.807, 2.05) is 18.3 Å². The number of hydrogen-bond acceptors (Lipinski definition) is 5. The van der Waals surface area contributed by atoms with Gasteiger partial charge in [0.2, 0.25) is 0 Å². The van der Waals surface area contributed by atoms with Gasteiger partial charge in [0.1, 0.15) is 0 Å². The number of hydrogen-bond donors (Lipinski definition) is 1. The number of benzene rings is 1. The van der Waals surface area contributed by atoms with Crippen LogP contribution in [0.15, 0.2) is 30.5 Å². The van der Waals surface area contributed by atoms with Crippen molar-refractivity contribution >= 4 is 16.6 Å². The summed E-state index contributed by atoms with van der Waals surface area (Å²) >= 11 is 0. The highest BCUT2D eigenvalue weighted by atomic mass is 15.3. The van der Waals surface area contributed by atoms with Crippen LogP contribution in [0.5, 0.6) is 0 Å². The fourth-order valence-electron chi connectivity index (χ4n) is 3.17. The Labute approximate surface area is 118 Å². The summed E-state index contributed by atoms with van der Waals surface area (Å²) in [5.41, 5.74) is 2.21. The predicted octanol–water partition coefficient (Wildman–Crippen LogP) is 0.724. The first-order valence-corrected chi connectivity index (χ1v) is 7.32. The molecule has 0 spiro atoms. The summed E-state index contributed by atoms with van der Waals surface area (Å²) in [5, 5.41) is 13.0. The molecule has 1 aromatic carbocycles. The third kappa shape index (κ3) is 2.03. The molecule has 20 heavy (non-hydrogen) atoms. The van der Waals surface area contributed by atoms with Gasteiger partial charge < -0.3 is 10.2 Å². The van der Waals surface area contributed by atoms with Crippen LogP contribution in [0, 0.1) is 0 Å². The third-order valence-electron chi connectivity index (χ3n) is 4.40. The van der Waals surface area contributed by atoms with Gasteiger partial charge in [-0.1, -0.05) is 18.2 Å². The van der Waals surface area contributed by atoms with Crippen LogP contribution in [0.25, 0.3) is 10.9 Å². The summed E-state index contributed by atoms with van der Waals surface area (Å²) in [5.74, 6) is 0. The maximum atomic E-state index is 4.20.